The van der Waals surface area contributed by atoms with E-state index in [2.05, 4.69) is 31.5 Å². The maximum Gasteiger partial charge on any atom is 0.324 e. The van der Waals surface area contributed by atoms with Gasteiger partial charge in [0.05, 0.1) is 4.47 Å². The highest BCUT2D eigenvalue weighted by molar-refractivity contribution is 9.10. The smallest absolute Gasteiger partial charge is 0.324 e. The number of nitrogens with two attached hydrogens (primary N) is 1. The average Bonchev–Trinajstić information content (AvgIpc) is 2.42. The van der Waals surface area contributed by atoms with Gasteiger partial charge in [0.15, 0.2) is 0 Å². The molecule has 0 saturated heterocycles. The van der Waals surface area contributed by atoms with Crippen molar-refractivity contribution in [2.24, 2.45) is 5.73 Å². The number of aromatic nitrogens is 1. The highest BCUT2D eigenvalue weighted by atomic mass is 79.9. The molecule has 0 spiro atoms. The second-order valence-corrected chi connectivity index (χ2v) is 5.18. The minimum atomic E-state index is -0.349. The van der Waals surface area contributed by atoms with E-state index in [1.807, 2.05) is 31.2 Å². The maximum absolute atomic E-state index is 11.8. The Morgan fingerprint density at radius 3 is 2.55 bits per heavy atom. The van der Waals surface area contributed by atoms with Crippen LogP contribution in [0, 0.1) is 0 Å². The summed E-state index contributed by atoms with van der Waals surface area (Å²) in [5, 5.41) is 5.40. The van der Waals surface area contributed by atoms with Gasteiger partial charge in [0, 0.05) is 17.9 Å². The topological polar surface area (TPSA) is 80.0 Å². The summed E-state index contributed by atoms with van der Waals surface area (Å²) in [4.78, 5) is 15.9. The van der Waals surface area contributed by atoms with Crippen LogP contribution < -0.4 is 16.4 Å². The first-order valence-electron chi connectivity index (χ1n) is 6.10. The fraction of sp³-hybridized carbons (Fsp3) is 0.143. The van der Waals surface area contributed by atoms with E-state index < -0.39 is 0 Å². The van der Waals surface area contributed by atoms with Crippen molar-refractivity contribution < 1.29 is 4.79 Å². The number of hydrogen-bond acceptors (Lipinski definition) is 3. The molecule has 1 unspecified atom stereocenters. The number of benzene rings is 1. The number of carbonyl (C=O) groups is 1. The fourth-order valence-corrected chi connectivity index (χ4v) is 1.97. The highest BCUT2D eigenvalue weighted by Gasteiger charge is 2.06. The van der Waals surface area contributed by atoms with Gasteiger partial charge in [-0.3, -0.25) is 5.32 Å². The van der Waals surface area contributed by atoms with Crippen LogP contribution in [-0.2, 0) is 0 Å². The molecule has 1 atom stereocenters. The summed E-state index contributed by atoms with van der Waals surface area (Å²) in [5.74, 6) is 0.470. The number of rotatable bonds is 3. The van der Waals surface area contributed by atoms with Crippen LogP contribution in [0.5, 0.6) is 0 Å². The van der Waals surface area contributed by atoms with Crippen LogP contribution in [0.3, 0.4) is 0 Å². The number of halogens is 1. The summed E-state index contributed by atoms with van der Waals surface area (Å²) < 4.78 is 0.724. The van der Waals surface area contributed by atoms with Crippen molar-refractivity contribution in [1.29, 1.82) is 0 Å². The van der Waals surface area contributed by atoms with Crippen LogP contribution in [0.4, 0.5) is 16.3 Å². The van der Waals surface area contributed by atoms with Crippen LogP contribution >= 0.6 is 15.9 Å². The third-order valence-electron chi connectivity index (χ3n) is 2.68. The van der Waals surface area contributed by atoms with Gasteiger partial charge < -0.3 is 11.1 Å². The molecule has 0 saturated carbocycles. The Kier molecular flexibility index (Phi) is 4.70. The summed E-state index contributed by atoms with van der Waals surface area (Å²) in [6, 6.07) is 10.6. The van der Waals surface area contributed by atoms with Crippen molar-refractivity contribution in [3.63, 3.8) is 0 Å². The minimum Gasteiger partial charge on any atom is -0.324 e. The average molecular weight is 335 g/mol. The Balaban J connectivity index is 1.99. The lowest BCUT2D eigenvalue weighted by Crippen LogP contribution is -2.20. The first kappa shape index (κ1) is 14.5. The van der Waals surface area contributed by atoms with E-state index in [9.17, 15) is 4.79 Å². The van der Waals surface area contributed by atoms with E-state index in [0.717, 1.165) is 10.0 Å². The van der Waals surface area contributed by atoms with Crippen molar-refractivity contribution in [2.45, 2.75) is 13.0 Å². The zero-order valence-electron chi connectivity index (χ0n) is 10.9. The normalized spacial score (nSPS) is 11.8. The predicted molar refractivity (Wildman–Crippen MR) is 83.6 cm³/mol. The Hall–Kier alpha value is -1.92. The number of carbonyl (C=O) groups excluding carboxylic acids is 1. The van der Waals surface area contributed by atoms with E-state index in [0.29, 0.717) is 11.5 Å². The lowest BCUT2D eigenvalue weighted by Gasteiger charge is -2.10. The second kappa shape index (κ2) is 6.49. The predicted octanol–water partition coefficient (Wildman–Crippen LogP) is 3.51. The molecule has 1 aromatic carbocycles. The molecule has 1 aromatic heterocycles. The van der Waals surface area contributed by atoms with Gasteiger partial charge in [-0.25, -0.2) is 9.78 Å². The third kappa shape index (κ3) is 3.79. The first-order chi connectivity index (χ1) is 9.56. The van der Waals surface area contributed by atoms with Gasteiger partial charge >= 0.3 is 6.03 Å². The molecule has 6 heteroatoms. The Morgan fingerprint density at radius 1 is 1.25 bits per heavy atom. The van der Waals surface area contributed by atoms with Crippen molar-refractivity contribution in [1.82, 2.24) is 4.98 Å². The molecule has 2 aromatic rings. The molecule has 0 bridgehead atoms. The number of amides is 2. The summed E-state index contributed by atoms with van der Waals surface area (Å²) in [5.41, 5.74) is 7.48. The molecule has 0 radical (unpaired) electrons. The van der Waals surface area contributed by atoms with E-state index in [4.69, 9.17) is 5.73 Å². The summed E-state index contributed by atoms with van der Waals surface area (Å²) in [6.07, 6.45) is 1.61. The second-order valence-electron chi connectivity index (χ2n) is 4.32. The molecule has 1 heterocycles. The highest BCUT2D eigenvalue weighted by Crippen LogP contribution is 2.19. The lowest BCUT2D eigenvalue weighted by molar-refractivity contribution is 0.262. The van der Waals surface area contributed by atoms with Crippen molar-refractivity contribution in [3.05, 3.63) is 52.6 Å². The molecule has 0 fully saturated rings. The van der Waals surface area contributed by atoms with E-state index in [-0.39, 0.29) is 12.1 Å². The van der Waals surface area contributed by atoms with Crippen LogP contribution in [0.1, 0.15) is 18.5 Å². The number of nitrogens with one attached hydrogen (secondary N) is 2. The quantitative estimate of drug-likeness (QED) is 0.803. The zero-order chi connectivity index (χ0) is 14.5. The zero-order valence-corrected chi connectivity index (χ0v) is 12.5. The molecule has 0 aliphatic heterocycles. The molecule has 0 aliphatic carbocycles. The van der Waals surface area contributed by atoms with Crippen LogP contribution in [0.25, 0.3) is 0 Å². The standard InChI is InChI=1S/C14H15BrN4O/c1-9(16)10-4-6-11(7-5-10)18-14(20)19-13-12(15)3-2-8-17-13/h2-9H,16H2,1H3,(H2,17,18,19,20). The largest absolute Gasteiger partial charge is 0.324 e. The molecule has 2 amide bonds. The lowest BCUT2D eigenvalue weighted by atomic mass is 10.1. The Bertz CT molecular complexity index is 598. The summed E-state index contributed by atoms with van der Waals surface area (Å²) in [6.45, 7) is 1.91. The van der Waals surface area contributed by atoms with Crippen molar-refractivity contribution in [2.75, 3.05) is 10.6 Å². The molecular weight excluding hydrogens is 320 g/mol. The van der Waals surface area contributed by atoms with Gasteiger partial charge in [-0.05, 0) is 52.7 Å². The molecule has 4 N–H and O–H groups in total. The maximum atomic E-state index is 11.8. The van der Waals surface area contributed by atoms with Gasteiger partial charge in [0.25, 0.3) is 0 Å². The van der Waals surface area contributed by atoms with E-state index >= 15 is 0 Å². The van der Waals surface area contributed by atoms with Crippen molar-refractivity contribution in [3.8, 4) is 0 Å². The van der Waals surface area contributed by atoms with Crippen molar-refractivity contribution >= 4 is 33.5 Å². The minimum absolute atomic E-state index is 0.0256. The monoisotopic (exact) mass is 334 g/mol. The SMILES string of the molecule is CC(N)c1ccc(NC(=O)Nc2ncccc2Br)cc1. The first-order valence-corrected chi connectivity index (χ1v) is 6.89. The number of urea groups is 1. The number of hydrogen-bond donors (Lipinski definition) is 3. The molecule has 5 nitrogen and oxygen atoms in total. The molecule has 2 rings (SSSR count). The van der Waals surface area contributed by atoms with Gasteiger partial charge in [-0.15, -0.1) is 0 Å². The fourth-order valence-electron chi connectivity index (χ4n) is 1.62. The van der Waals surface area contributed by atoms with Crippen LogP contribution in [-0.4, -0.2) is 11.0 Å². The third-order valence-corrected chi connectivity index (χ3v) is 3.32. The molecular formula is C14H15BrN4O. The summed E-state index contributed by atoms with van der Waals surface area (Å²) in [7, 11) is 0. The molecule has 20 heavy (non-hydrogen) atoms. The van der Waals surface area contributed by atoms with E-state index in [1.54, 1.807) is 18.3 Å². The van der Waals surface area contributed by atoms with Gasteiger partial charge in [-0.1, -0.05) is 12.1 Å². The molecule has 0 aliphatic rings. The van der Waals surface area contributed by atoms with Crippen LogP contribution in [0.2, 0.25) is 0 Å². The summed E-state index contributed by atoms with van der Waals surface area (Å²) >= 11 is 3.32. The molecule has 104 valence electrons. The Labute approximate surface area is 125 Å². The Morgan fingerprint density at radius 2 is 1.95 bits per heavy atom. The van der Waals surface area contributed by atoms with E-state index in [1.165, 1.54) is 0 Å². The number of pyridine rings is 1. The number of anilines is 2. The van der Waals surface area contributed by atoms with Gasteiger partial charge in [0.1, 0.15) is 5.82 Å². The van der Waals surface area contributed by atoms with Crippen LogP contribution in [0.15, 0.2) is 47.1 Å². The van der Waals surface area contributed by atoms with Gasteiger partial charge in [-0.2, -0.15) is 0 Å². The number of nitrogens with zero attached hydrogens (tertiary/aromatic N) is 1. The van der Waals surface area contributed by atoms with Gasteiger partial charge in [0.2, 0.25) is 0 Å².